The van der Waals surface area contributed by atoms with Gasteiger partial charge in [-0.25, -0.2) is 9.78 Å². The van der Waals surface area contributed by atoms with Gasteiger partial charge in [-0.3, -0.25) is 9.69 Å². The fourth-order valence-electron chi connectivity index (χ4n) is 4.22. The number of H-pyrrole nitrogens is 2. The lowest BCUT2D eigenvalue weighted by Crippen LogP contribution is -2.35. The summed E-state index contributed by atoms with van der Waals surface area (Å²) in [6.07, 6.45) is 0.649. The zero-order valence-electron chi connectivity index (χ0n) is 17.4. The number of ether oxygens (including phenoxy) is 1. The SMILES string of the molecule is COC(=O)c1[nH]c2ccccc2c1CN1CCc2nc(-c3ccc(Cl)cc3)[nH]c(=O)c2C1. The first-order valence-electron chi connectivity index (χ1n) is 10.3. The molecule has 1 aliphatic rings. The second kappa shape index (κ2) is 8.26. The number of carbonyl (C=O) groups excluding carboxylic acids is 1. The number of aromatic amines is 2. The van der Waals surface area contributed by atoms with Crippen LogP contribution in [0.25, 0.3) is 22.3 Å². The maximum absolute atomic E-state index is 12.9. The van der Waals surface area contributed by atoms with Crippen LogP contribution in [0.3, 0.4) is 0 Å². The molecular weight excluding hydrogens is 428 g/mol. The molecule has 2 aromatic heterocycles. The molecule has 2 N–H and O–H groups in total. The molecule has 5 rings (SSSR count). The van der Waals surface area contributed by atoms with Crippen molar-refractivity contribution in [3.8, 4) is 11.4 Å². The van der Waals surface area contributed by atoms with E-state index in [1.807, 2.05) is 36.4 Å². The molecule has 3 heterocycles. The maximum atomic E-state index is 12.9. The molecule has 0 amide bonds. The average Bonchev–Trinajstić information content (AvgIpc) is 3.17. The van der Waals surface area contributed by atoms with E-state index in [4.69, 9.17) is 21.3 Å². The molecule has 32 heavy (non-hydrogen) atoms. The average molecular weight is 449 g/mol. The number of halogens is 1. The molecule has 0 unspecified atom stereocenters. The third-order valence-corrected chi connectivity index (χ3v) is 6.10. The summed E-state index contributed by atoms with van der Waals surface area (Å²) in [4.78, 5) is 38.2. The van der Waals surface area contributed by atoms with Crippen LogP contribution in [0.4, 0.5) is 0 Å². The van der Waals surface area contributed by atoms with Crippen LogP contribution < -0.4 is 5.56 Å². The Morgan fingerprint density at radius 1 is 1.16 bits per heavy atom. The number of hydrogen-bond donors (Lipinski definition) is 2. The van der Waals surface area contributed by atoms with E-state index in [1.165, 1.54) is 7.11 Å². The Bertz CT molecular complexity index is 1370. The van der Waals surface area contributed by atoms with Crippen LogP contribution >= 0.6 is 11.6 Å². The zero-order valence-corrected chi connectivity index (χ0v) is 18.2. The Balaban J connectivity index is 1.45. The molecule has 7 nitrogen and oxygen atoms in total. The second-order valence-electron chi connectivity index (χ2n) is 7.82. The molecule has 0 saturated heterocycles. The van der Waals surface area contributed by atoms with Crippen LogP contribution in [0.2, 0.25) is 5.02 Å². The highest BCUT2D eigenvalue weighted by atomic mass is 35.5. The van der Waals surface area contributed by atoms with E-state index < -0.39 is 5.97 Å². The minimum Gasteiger partial charge on any atom is -0.464 e. The number of hydrogen-bond acceptors (Lipinski definition) is 5. The molecule has 0 fully saturated rings. The lowest BCUT2D eigenvalue weighted by Gasteiger charge is -2.27. The number of carbonyl (C=O) groups is 1. The fourth-order valence-corrected chi connectivity index (χ4v) is 4.35. The molecule has 8 heteroatoms. The molecule has 0 radical (unpaired) electrons. The molecule has 0 saturated carbocycles. The molecular formula is C24H21ClN4O3. The molecule has 162 valence electrons. The summed E-state index contributed by atoms with van der Waals surface area (Å²) in [7, 11) is 1.37. The van der Waals surface area contributed by atoms with Gasteiger partial charge in [0.05, 0.1) is 18.4 Å². The van der Waals surface area contributed by atoms with Gasteiger partial charge in [0.2, 0.25) is 0 Å². The molecule has 0 aliphatic carbocycles. The Morgan fingerprint density at radius 2 is 1.94 bits per heavy atom. The predicted molar refractivity (Wildman–Crippen MR) is 123 cm³/mol. The van der Waals surface area contributed by atoms with Crippen LogP contribution in [0.15, 0.2) is 53.3 Å². The number of methoxy groups -OCH3 is 1. The topological polar surface area (TPSA) is 91.1 Å². The van der Waals surface area contributed by atoms with Gasteiger partial charge < -0.3 is 14.7 Å². The normalized spacial score (nSPS) is 13.8. The summed E-state index contributed by atoms with van der Waals surface area (Å²) in [5.74, 6) is 0.143. The van der Waals surface area contributed by atoms with E-state index in [-0.39, 0.29) is 5.56 Å². The number of esters is 1. The van der Waals surface area contributed by atoms with Gasteiger partial charge in [-0.15, -0.1) is 0 Å². The largest absolute Gasteiger partial charge is 0.464 e. The third kappa shape index (κ3) is 3.70. The highest BCUT2D eigenvalue weighted by molar-refractivity contribution is 6.30. The van der Waals surface area contributed by atoms with Crippen molar-refractivity contribution in [1.29, 1.82) is 0 Å². The van der Waals surface area contributed by atoms with Gasteiger partial charge >= 0.3 is 5.97 Å². The van der Waals surface area contributed by atoms with Crippen molar-refractivity contribution < 1.29 is 9.53 Å². The second-order valence-corrected chi connectivity index (χ2v) is 8.26. The Labute approximate surface area is 189 Å². The zero-order chi connectivity index (χ0) is 22.2. The first-order valence-corrected chi connectivity index (χ1v) is 10.7. The highest BCUT2D eigenvalue weighted by Crippen LogP contribution is 2.27. The number of para-hydroxylation sites is 1. The minimum atomic E-state index is -0.402. The van der Waals surface area contributed by atoms with Gasteiger partial charge in [-0.2, -0.15) is 0 Å². The minimum absolute atomic E-state index is 0.142. The monoisotopic (exact) mass is 448 g/mol. The Hall–Kier alpha value is -3.42. The van der Waals surface area contributed by atoms with Gasteiger partial charge in [0.25, 0.3) is 5.56 Å². The lowest BCUT2D eigenvalue weighted by molar-refractivity contribution is 0.0592. The van der Waals surface area contributed by atoms with Crippen molar-refractivity contribution in [3.05, 3.63) is 86.4 Å². The van der Waals surface area contributed by atoms with Gasteiger partial charge in [0.1, 0.15) is 11.5 Å². The van der Waals surface area contributed by atoms with E-state index in [2.05, 4.69) is 14.9 Å². The standard InChI is InChI=1S/C24H21ClN4O3/c1-32-24(31)21-17(16-4-2-3-5-19(16)26-21)12-29-11-10-20-18(13-29)23(30)28-22(27-20)14-6-8-15(25)9-7-14/h2-9,26H,10-13H2,1H3,(H,27,28,30). The van der Waals surface area contributed by atoms with Gasteiger partial charge in [-0.1, -0.05) is 29.8 Å². The molecule has 1 aliphatic heterocycles. The van der Waals surface area contributed by atoms with Crippen LogP contribution in [0.1, 0.15) is 27.3 Å². The van der Waals surface area contributed by atoms with E-state index in [1.54, 1.807) is 12.1 Å². The number of fused-ring (bicyclic) bond motifs is 2. The summed E-state index contributed by atoms with van der Waals surface area (Å²) >= 11 is 5.97. The predicted octanol–water partition coefficient (Wildman–Crippen LogP) is 3.92. The number of rotatable bonds is 4. The van der Waals surface area contributed by atoms with Crippen molar-refractivity contribution in [1.82, 2.24) is 19.9 Å². The number of benzene rings is 2. The Morgan fingerprint density at radius 3 is 2.72 bits per heavy atom. The third-order valence-electron chi connectivity index (χ3n) is 5.85. The molecule has 4 aromatic rings. The van der Waals surface area contributed by atoms with Gasteiger partial charge in [0.15, 0.2) is 0 Å². The highest BCUT2D eigenvalue weighted by Gasteiger charge is 2.25. The first-order chi connectivity index (χ1) is 15.5. The summed E-state index contributed by atoms with van der Waals surface area (Å²) in [5.41, 5.74) is 4.35. The van der Waals surface area contributed by atoms with E-state index in [9.17, 15) is 9.59 Å². The van der Waals surface area contributed by atoms with E-state index in [0.717, 1.165) is 34.3 Å². The molecule has 0 bridgehead atoms. The summed E-state index contributed by atoms with van der Waals surface area (Å²) in [6.45, 7) is 1.70. The number of nitrogens with one attached hydrogen (secondary N) is 2. The van der Waals surface area contributed by atoms with Crippen LogP contribution in [0.5, 0.6) is 0 Å². The van der Waals surface area contributed by atoms with Crippen molar-refractivity contribution in [2.75, 3.05) is 13.7 Å². The first kappa shape index (κ1) is 20.5. The van der Waals surface area contributed by atoms with Crippen LogP contribution in [-0.2, 0) is 24.2 Å². The summed E-state index contributed by atoms with van der Waals surface area (Å²) < 4.78 is 4.97. The smallest absolute Gasteiger partial charge is 0.354 e. The van der Waals surface area contributed by atoms with Crippen molar-refractivity contribution >= 4 is 28.5 Å². The van der Waals surface area contributed by atoms with Gasteiger partial charge in [-0.05, 0) is 30.3 Å². The maximum Gasteiger partial charge on any atom is 0.354 e. The fraction of sp³-hybridized carbons (Fsp3) is 0.208. The van der Waals surface area contributed by atoms with E-state index >= 15 is 0 Å². The Kier molecular flexibility index (Phi) is 5.28. The van der Waals surface area contributed by atoms with Crippen molar-refractivity contribution in [2.45, 2.75) is 19.5 Å². The van der Waals surface area contributed by atoms with Crippen LogP contribution in [0, 0.1) is 0 Å². The summed E-state index contributed by atoms with van der Waals surface area (Å²) in [6, 6.07) is 15.0. The lowest BCUT2D eigenvalue weighted by atomic mass is 10.0. The quantitative estimate of drug-likeness (QED) is 0.462. The molecule has 0 spiro atoms. The molecule has 2 aromatic carbocycles. The molecule has 0 atom stereocenters. The number of nitrogens with zero attached hydrogens (tertiary/aromatic N) is 2. The van der Waals surface area contributed by atoms with E-state index in [0.29, 0.717) is 41.6 Å². The summed E-state index contributed by atoms with van der Waals surface area (Å²) in [5, 5.41) is 1.61. The van der Waals surface area contributed by atoms with Crippen molar-refractivity contribution in [2.24, 2.45) is 0 Å². The number of aromatic nitrogens is 3. The van der Waals surface area contributed by atoms with Crippen molar-refractivity contribution in [3.63, 3.8) is 0 Å². The van der Waals surface area contributed by atoms with Gasteiger partial charge in [0, 0.05) is 53.1 Å². The van der Waals surface area contributed by atoms with Crippen LogP contribution in [-0.4, -0.2) is 39.5 Å².